The zero-order valence-electron chi connectivity index (χ0n) is 12.9. The van der Waals surface area contributed by atoms with Crippen molar-refractivity contribution < 1.29 is 9.18 Å². The van der Waals surface area contributed by atoms with E-state index in [-0.39, 0.29) is 11.7 Å². The summed E-state index contributed by atoms with van der Waals surface area (Å²) in [7, 11) is 0. The van der Waals surface area contributed by atoms with E-state index in [1.807, 2.05) is 13.8 Å². The molecule has 1 aromatic carbocycles. The molecular weight excluding hydrogens is 255 g/mol. The summed E-state index contributed by atoms with van der Waals surface area (Å²) in [6.07, 6.45) is 0.880. The lowest BCUT2D eigenvalue weighted by Crippen LogP contribution is -2.34. The molecule has 1 amide bonds. The van der Waals surface area contributed by atoms with E-state index in [1.165, 1.54) is 6.07 Å². The van der Waals surface area contributed by atoms with Gasteiger partial charge in [0.2, 0.25) is 0 Å². The Hall–Kier alpha value is -1.58. The van der Waals surface area contributed by atoms with Crippen molar-refractivity contribution in [2.45, 2.75) is 34.1 Å². The number of amides is 1. The van der Waals surface area contributed by atoms with Gasteiger partial charge in [0.15, 0.2) is 0 Å². The minimum atomic E-state index is -0.370. The van der Waals surface area contributed by atoms with Gasteiger partial charge in [-0.1, -0.05) is 26.8 Å². The van der Waals surface area contributed by atoms with E-state index in [0.717, 1.165) is 6.42 Å². The molecule has 0 fully saturated rings. The van der Waals surface area contributed by atoms with Gasteiger partial charge in [0.1, 0.15) is 5.82 Å². The summed E-state index contributed by atoms with van der Waals surface area (Å²) in [5.74, 6) is -0.0938. The van der Waals surface area contributed by atoms with Gasteiger partial charge in [0.05, 0.1) is 11.3 Å². The average Bonchev–Trinajstić information content (AvgIpc) is 2.42. The van der Waals surface area contributed by atoms with Crippen LogP contribution in [-0.2, 0) is 0 Å². The van der Waals surface area contributed by atoms with Gasteiger partial charge < -0.3 is 10.2 Å². The van der Waals surface area contributed by atoms with Gasteiger partial charge in [0.25, 0.3) is 5.91 Å². The number of para-hydroxylation sites is 1. The number of rotatable bonds is 7. The second-order valence-electron chi connectivity index (χ2n) is 5.33. The van der Waals surface area contributed by atoms with Gasteiger partial charge in [-0.2, -0.15) is 0 Å². The molecule has 0 aromatic heterocycles. The maximum Gasteiger partial charge on any atom is 0.256 e. The minimum absolute atomic E-state index is 0.112. The van der Waals surface area contributed by atoms with Crippen molar-refractivity contribution in [3.8, 4) is 0 Å². The van der Waals surface area contributed by atoms with E-state index >= 15 is 0 Å². The Morgan fingerprint density at radius 1 is 1.35 bits per heavy atom. The van der Waals surface area contributed by atoms with Crippen LogP contribution < -0.4 is 5.32 Å². The normalized spacial score (nSPS) is 10.7. The van der Waals surface area contributed by atoms with Crippen LogP contribution in [0.1, 0.15) is 44.5 Å². The van der Waals surface area contributed by atoms with E-state index < -0.39 is 0 Å². The lowest BCUT2D eigenvalue weighted by molar-refractivity contribution is 0.0746. The number of carbonyl (C=O) groups is 1. The van der Waals surface area contributed by atoms with Gasteiger partial charge in [-0.25, -0.2) is 4.39 Å². The van der Waals surface area contributed by atoms with E-state index in [1.54, 1.807) is 17.0 Å². The SMILES string of the molecule is CCCNc1c(F)cccc1C(=O)N(CC)CC(C)C. The molecule has 1 N–H and O–H groups in total. The summed E-state index contributed by atoms with van der Waals surface area (Å²) in [6.45, 7) is 10.0. The summed E-state index contributed by atoms with van der Waals surface area (Å²) >= 11 is 0. The fourth-order valence-electron chi connectivity index (χ4n) is 2.10. The predicted octanol–water partition coefficient (Wildman–Crippen LogP) is 3.77. The molecule has 4 heteroatoms. The summed E-state index contributed by atoms with van der Waals surface area (Å²) in [5, 5.41) is 3.02. The monoisotopic (exact) mass is 280 g/mol. The maximum absolute atomic E-state index is 13.9. The van der Waals surface area contributed by atoms with E-state index in [2.05, 4.69) is 19.2 Å². The molecule has 112 valence electrons. The van der Waals surface area contributed by atoms with Gasteiger partial charge in [-0.3, -0.25) is 4.79 Å². The number of nitrogens with zero attached hydrogens (tertiary/aromatic N) is 1. The zero-order valence-corrected chi connectivity index (χ0v) is 12.9. The molecule has 0 spiro atoms. The first kappa shape index (κ1) is 16.5. The third kappa shape index (κ3) is 4.22. The molecule has 20 heavy (non-hydrogen) atoms. The standard InChI is InChI=1S/C16H25FN2O/c1-5-10-18-15-13(8-7-9-14(15)17)16(20)19(6-2)11-12(3)4/h7-9,12,18H,5-6,10-11H2,1-4H3. The molecular formula is C16H25FN2O. The molecule has 0 heterocycles. The van der Waals surface area contributed by atoms with Crippen molar-refractivity contribution in [3.05, 3.63) is 29.6 Å². The first-order valence-corrected chi connectivity index (χ1v) is 7.32. The van der Waals surface area contributed by atoms with E-state index in [4.69, 9.17) is 0 Å². The molecule has 0 unspecified atom stereocenters. The number of hydrogen-bond acceptors (Lipinski definition) is 2. The lowest BCUT2D eigenvalue weighted by atomic mass is 10.1. The van der Waals surface area contributed by atoms with Gasteiger partial charge in [0, 0.05) is 19.6 Å². The highest BCUT2D eigenvalue weighted by atomic mass is 19.1. The smallest absolute Gasteiger partial charge is 0.256 e. The Labute approximate surface area is 121 Å². The van der Waals surface area contributed by atoms with Crippen LogP contribution in [0.5, 0.6) is 0 Å². The first-order valence-electron chi connectivity index (χ1n) is 7.32. The van der Waals surface area contributed by atoms with Crippen LogP contribution in [-0.4, -0.2) is 30.4 Å². The Kier molecular flexibility index (Phi) is 6.49. The second kappa shape index (κ2) is 7.88. The van der Waals surface area contributed by atoms with Crippen molar-refractivity contribution in [1.29, 1.82) is 0 Å². The number of hydrogen-bond donors (Lipinski definition) is 1. The lowest BCUT2D eigenvalue weighted by Gasteiger charge is -2.24. The molecule has 1 aromatic rings. The second-order valence-corrected chi connectivity index (χ2v) is 5.33. The summed E-state index contributed by atoms with van der Waals surface area (Å²) in [4.78, 5) is 14.3. The van der Waals surface area contributed by atoms with Crippen molar-refractivity contribution in [1.82, 2.24) is 4.90 Å². The predicted molar refractivity (Wildman–Crippen MR) is 81.6 cm³/mol. The molecule has 0 saturated carbocycles. The summed E-state index contributed by atoms with van der Waals surface area (Å²) in [5.41, 5.74) is 0.738. The van der Waals surface area contributed by atoms with Crippen LogP contribution in [0.15, 0.2) is 18.2 Å². The number of benzene rings is 1. The minimum Gasteiger partial charge on any atom is -0.382 e. The highest BCUT2D eigenvalue weighted by Gasteiger charge is 2.20. The molecule has 0 saturated heterocycles. The summed E-state index contributed by atoms with van der Waals surface area (Å²) < 4.78 is 13.9. The molecule has 0 aliphatic heterocycles. The largest absolute Gasteiger partial charge is 0.382 e. The topological polar surface area (TPSA) is 32.3 Å². The third-order valence-corrected chi connectivity index (χ3v) is 3.05. The van der Waals surface area contributed by atoms with Crippen LogP contribution >= 0.6 is 0 Å². The number of carbonyl (C=O) groups excluding carboxylic acids is 1. The van der Waals surface area contributed by atoms with E-state index in [9.17, 15) is 9.18 Å². The van der Waals surface area contributed by atoms with Crippen molar-refractivity contribution in [2.75, 3.05) is 25.0 Å². The molecule has 0 atom stereocenters. The maximum atomic E-state index is 13.9. The Balaban J connectivity index is 3.04. The molecule has 0 bridgehead atoms. The average molecular weight is 280 g/mol. The first-order chi connectivity index (χ1) is 9.51. The number of halogens is 1. The molecule has 1 rings (SSSR count). The highest BCUT2D eigenvalue weighted by molar-refractivity contribution is 5.99. The number of anilines is 1. The molecule has 0 radical (unpaired) electrons. The molecule has 3 nitrogen and oxygen atoms in total. The Bertz CT molecular complexity index is 446. The quantitative estimate of drug-likeness (QED) is 0.824. The third-order valence-electron chi connectivity index (χ3n) is 3.05. The van der Waals surface area contributed by atoms with Crippen LogP contribution in [0, 0.1) is 11.7 Å². The van der Waals surface area contributed by atoms with Crippen LogP contribution in [0.25, 0.3) is 0 Å². The molecule has 0 aliphatic carbocycles. The summed E-state index contributed by atoms with van der Waals surface area (Å²) in [6, 6.07) is 4.66. The van der Waals surface area contributed by atoms with Crippen LogP contribution in [0.3, 0.4) is 0 Å². The van der Waals surface area contributed by atoms with Crippen LogP contribution in [0.4, 0.5) is 10.1 Å². The van der Waals surface area contributed by atoms with Gasteiger partial charge >= 0.3 is 0 Å². The van der Waals surface area contributed by atoms with Crippen molar-refractivity contribution >= 4 is 11.6 Å². The Morgan fingerprint density at radius 3 is 2.60 bits per heavy atom. The van der Waals surface area contributed by atoms with Gasteiger partial charge in [-0.15, -0.1) is 0 Å². The zero-order chi connectivity index (χ0) is 15.1. The number of nitrogens with one attached hydrogen (secondary N) is 1. The van der Waals surface area contributed by atoms with E-state index in [0.29, 0.717) is 36.8 Å². The van der Waals surface area contributed by atoms with Crippen molar-refractivity contribution in [3.63, 3.8) is 0 Å². The van der Waals surface area contributed by atoms with Crippen LogP contribution in [0.2, 0.25) is 0 Å². The fourth-order valence-corrected chi connectivity index (χ4v) is 2.10. The van der Waals surface area contributed by atoms with Gasteiger partial charge in [-0.05, 0) is 31.4 Å². The molecule has 0 aliphatic rings. The Morgan fingerprint density at radius 2 is 2.05 bits per heavy atom. The van der Waals surface area contributed by atoms with Crippen molar-refractivity contribution in [2.24, 2.45) is 5.92 Å². The highest BCUT2D eigenvalue weighted by Crippen LogP contribution is 2.22. The fraction of sp³-hybridized carbons (Fsp3) is 0.562.